The van der Waals surface area contributed by atoms with Gasteiger partial charge in [-0.2, -0.15) is 0 Å². The zero-order valence-electron chi connectivity index (χ0n) is 8.24. The first-order chi connectivity index (χ1) is 6.36. The van der Waals surface area contributed by atoms with Crippen molar-refractivity contribution in [3.8, 4) is 0 Å². The maximum atomic E-state index is 4.33. The van der Waals surface area contributed by atoms with Crippen molar-refractivity contribution in [2.24, 2.45) is 7.05 Å². The Hall–Kier alpha value is -0.830. The molecule has 2 rings (SSSR count). The summed E-state index contributed by atoms with van der Waals surface area (Å²) in [6.07, 6.45) is 7.99. The second kappa shape index (κ2) is 3.92. The van der Waals surface area contributed by atoms with Gasteiger partial charge in [-0.15, -0.1) is 0 Å². The summed E-state index contributed by atoms with van der Waals surface area (Å²) in [7, 11) is 2.06. The van der Waals surface area contributed by atoms with E-state index in [1.807, 2.05) is 12.4 Å². The van der Waals surface area contributed by atoms with Crippen LogP contribution in [0.2, 0.25) is 0 Å². The summed E-state index contributed by atoms with van der Waals surface area (Å²) in [6.45, 7) is 3.50. The fourth-order valence-electron chi connectivity index (χ4n) is 1.87. The van der Waals surface area contributed by atoms with E-state index in [0.717, 1.165) is 6.54 Å². The minimum atomic E-state index is 1.02. The molecule has 0 radical (unpaired) electrons. The largest absolute Gasteiger partial charge is 0.337 e. The Balaban J connectivity index is 1.93. The molecule has 1 saturated heterocycles. The van der Waals surface area contributed by atoms with Gasteiger partial charge in [-0.1, -0.05) is 6.42 Å². The molecule has 1 aliphatic rings. The van der Waals surface area contributed by atoms with Crippen molar-refractivity contribution < 1.29 is 0 Å². The van der Waals surface area contributed by atoms with Crippen LogP contribution in [0.15, 0.2) is 12.4 Å². The van der Waals surface area contributed by atoms with Gasteiger partial charge in [-0.25, -0.2) is 4.98 Å². The first kappa shape index (κ1) is 8.75. The van der Waals surface area contributed by atoms with Gasteiger partial charge >= 0.3 is 0 Å². The Bertz CT molecular complexity index is 261. The van der Waals surface area contributed by atoms with Crippen LogP contribution in [-0.4, -0.2) is 27.5 Å². The molecule has 0 aliphatic carbocycles. The molecule has 0 unspecified atom stereocenters. The van der Waals surface area contributed by atoms with Gasteiger partial charge in [0.1, 0.15) is 5.82 Å². The summed E-state index contributed by atoms with van der Waals surface area (Å²) in [6, 6.07) is 0. The number of piperidine rings is 1. The van der Waals surface area contributed by atoms with Gasteiger partial charge in [-0.05, 0) is 25.9 Å². The standard InChI is InChI=1S/C10H17N3/c1-12-8-5-11-10(12)9-13-6-3-2-4-7-13/h5,8H,2-4,6-7,9H2,1H3. The number of nitrogens with zero attached hydrogens (tertiary/aromatic N) is 3. The normalized spacial score (nSPS) is 19.2. The van der Waals surface area contributed by atoms with Crippen LogP contribution in [0.3, 0.4) is 0 Å². The second-order valence-electron chi connectivity index (χ2n) is 3.79. The lowest BCUT2D eigenvalue weighted by atomic mass is 10.1. The Morgan fingerprint density at radius 2 is 2.08 bits per heavy atom. The van der Waals surface area contributed by atoms with Crippen LogP contribution in [0, 0.1) is 0 Å². The minimum Gasteiger partial charge on any atom is -0.337 e. The molecule has 3 nitrogen and oxygen atoms in total. The zero-order chi connectivity index (χ0) is 9.10. The SMILES string of the molecule is Cn1ccnc1CN1CCCCC1. The first-order valence-corrected chi connectivity index (χ1v) is 5.05. The van der Waals surface area contributed by atoms with Crippen molar-refractivity contribution >= 4 is 0 Å². The molecule has 13 heavy (non-hydrogen) atoms. The van der Waals surface area contributed by atoms with Crippen molar-refractivity contribution in [1.82, 2.24) is 14.5 Å². The van der Waals surface area contributed by atoms with Gasteiger partial charge in [0.2, 0.25) is 0 Å². The fourth-order valence-corrected chi connectivity index (χ4v) is 1.87. The second-order valence-corrected chi connectivity index (χ2v) is 3.79. The van der Waals surface area contributed by atoms with Gasteiger partial charge in [-0.3, -0.25) is 4.90 Å². The van der Waals surface area contributed by atoms with Crippen LogP contribution in [-0.2, 0) is 13.6 Å². The van der Waals surface area contributed by atoms with Gasteiger partial charge in [0, 0.05) is 19.4 Å². The van der Waals surface area contributed by atoms with E-state index in [1.165, 1.54) is 38.2 Å². The number of aryl methyl sites for hydroxylation is 1. The zero-order valence-corrected chi connectivity index (χ0v) is 8.24. The molecule has 0 spiro atoms. The first-order valence-electron chi connectivity index (χ1n) is 5.05. The molecule has 0 aromatic carbocycles. The van der Waals surface area contributed by atoms with Gasteiger partial charge in [0.25, 0.3) is 0 Å². The summed E-state index contributed by atoms with van der Waals surface area (Å²) in [4.78, 5) is 6.82. The van der Waals surface area contributed by atoms with Crippen LogP contribution in [0.4, 0.5) is 0 Å². The smallest absolute Gasteiger partial charge is 0.122 e. The highest BCUT2D eigenvalue weighted by Crippen LogP contribution is 2.11. The van der Waals surface area contributed by atoms with Crippen LogP contribution < -0.4 is 0 Å². The predicted octanol–water partition coefficient (Wildman–Crippen LogP) is 1.41. The average molecular weight is 179 g/mol. The van der Waals surface area contributed by atoms with E-state index < -0.39 is 0 Å². The summed E-state index contributed by atoms with van der Waals surface area (Å²) in [5.74, 6) is 1.18. The molecule has 0 bridgehead atoms. The highest BCUT2D eigenvalue weighted by atomic mass is 15.2. The van der Waals surface area contributed by atoms with Crippen molar-refractivity contribution in [2.45, 2.75) is 25.8 Å². The van der Waals surface area contributed by atoms with E-state index in [9.17, 15) is 0 Å². The maximum Gasteiger partial charge on any atom is 0.122 e. The van der Waals surface area contributed by atoms with Crippen molar-refractivity contribution in [1.29, 1.82) is 0 Å². The third-order valence-electron chi connectivity index (χ3n) is 2.73. The van der Waals surface area contributed by atoms with E-state index in [0.29, 0.717) is 0 Å². The molecular formula is C10H17N3. The summed E-state index contributed by atoms with van der Waals surface area (Å²) < 4.78 is 2.11. The van der Waals surface area contributed by atoms with Crippen molar-refractivity contribution in [3.63, 3.8) is 0 Å². The Labute approximate surface area is 79.4 Å². The Morgan fingerprint density at radius 1 is 1.31 bits per heavy atom. The van der Waals surface area contributed by atoms with E-state index in [2.05, 4.69) is 21.5 Å². The number of hydrogen-bond acceptors (Lipinski definition) is 2. The number of imidazole rings is 1. The molecule has 0 saturated carbocycles. The van der Waals surface area contributed by atoms with Gasteiger partial charge in [0.05, 0.1) is 6.54 Å². The third-order valence-corrected chi connectivity index (χ3v) is 2.73. The number of rotatable bonds is 2. The Morgan fingerprint density at radius 3 is 2.69 bits per heavy atom. The average Bonchev–Trinajstić information content (AvgIpc) is 2.54. The number of likely N-dealkylation sites (tertiary alicyclic amines) is 1. The molecule has 2 heterocycles. The lowest BCUT2D eigenvalue weighted by Gasteiger charge is -2.25. The topological polar surface area (TPSA) is 21.1 Å². The third kappa shape index (κ3) is 2.10. The van der Waals surface area contributed by atoms with Crippen LogP contribution in [0.5, 0.6) is 0 Å². The lowest BCUT2D eigenvalue weighted by molar-refractivity contribution is 0.214. The van der Waals surface area contributed by atoms with E-state index in [4.69, 9.17) is 0 Å². The molecule has 1 aromatic heterocycles. The minimum absolute atomic E-state index is 1.02. The Kier molecular flexibility index (Phi) is 2.64. The number of hydrogen-bond donors (Lipinski definition) is 0. The molecule has 0 atom stereocenters. The van der Waals surface area contributed by atoms with Crippen LogP contribution in [0.1, 0.15) is 25.1 Å². The molecule has 72 valence electrons. The van der Waals surface area contributed by atoms with Crippen molar-refractivity contribution in [3.05, 3.63) is 18.2 Å². The van der Waals surface area contributed by atoms with E-state index >= 15 is 0 Å². The monoisotopic (exact) mass is 179 g/mol. The van der Waals surface area contributed by atoms with Crippen molar-refractivity contribution in [2.75, 3.05) is 13.1 Å². The highest BCUT2D eigenvalue weighted by molar-refractivity contribution is 4.91. The van der Waals surface area contributed by atoms with E-state index in [-0.39, 0.29) is 0 Å². The lowest BCUT2D eigenvalue weighted by Crippen LogP contribution is -2.30. The quantitative estimate of drug-likeness (QED) is 0.684. The molecule has 1 fully saturated rings. The molecule has 1 aromatic rings. The highest BCUT2D eigenvalue weighted by Gasteiger charge is 2.11. The number of aromatic nitrogens is 2. The van der Waals surface area contributed by atoms with Gasteiger partial charge in [0.15, 0.2) is 0 Å². The molecule has 3 heteroatoms. The maximum absolute atomic E-state index is 4.33. The fraction of sp³-hybridized carbons (Fsp3) is 0.700. The molecule has 0 amide bonds. The van der Waals surface area contributed by atoms with Gasteiger partial charge < -0.3 is 4.57 Å². The van der Waals surface area contributed by atoms with Crippen LogP contribution >= 0.6 is 0 Å². The van der Waals surface area contributed by atoms with E-state index in [1.54, 1.807) is 0 Å². The molecular weight excluding hydrogens is 162 g/mol. The van der Waals surface area contributed by atoms with Crippen LogP contribution in [0.25, 0.3) is 0 Å². The predicted molar refractivity (Wildman–Crippen MR) is 52.3 cm³/mol. The molecule has 0 N–H and O–H groups in total. The summed E-state index contributed by atoms with van der Waals surface area (Å²) in [5.41, 5.74) is 0. The molecule has 1 aliphatic heterocycles. The summed E-state index contributed by atoms with van der Waals surface area (Å²) >= 11 is 0. The summed E-state index contributed by atoms with van der Waals surface area (Å²) in [5, 5.41) is 0.